The van der Waals surface area contributed by atoms with E-state index in [9.17, 15) is 0 Å². The Labute approximate surface area is 118 Å². The van der Waals surface area contributed by atoms with Gasteiger partial charge in [-0.05, 0) is 43.3 Å². The van der Waals surface area contributed by atoms with Crippen molar-refractivity contribution in [3.63, 3.8) is 0 Å². The first-order valence-corrected chi connectivity index (χ1v) is 9.88. The van der Waals surface area contributed by atoms with E-state index in [0.717, 1.165) is 18.5 Å². The molecule has 1 aromatic rings. The molecule has 1 aromatic carbocycles. The molecular formula is C15H26N2OSi. The Morgan fingerprint density at radius 3 is 2.37 bits per heavy atom. The maximum Gasteiger partial charge on any atom is 0.186 e. The third kappa shape index (κ3) is 6.03. The number of anilines is 1. The Balaban J connectivity index is 2.37. The van der Waals surface area contributed by atoms with Crippen LogP contribution in [0.25, 0.3) is 0 Å². The fourth-order valence-corrected chi connectivity index (χ4v) is 2.94. The quantitative estimate of drug-likeness (QED) is 0.434. The minimum Gasteiger partial charge on any atom is -0.420 e. The molecule has 106 valence electrons. The summed E-state index contributed by atoms with van der Waals surface area (Å²) in [5, 5.41) is 0. The topological polar surface area (TPSA) is 24.8 Å². The molecule has 0 heterocycles. The van der Waals surface area contributed by atoms with Crippen LogP contribution in [0, 0.1) is 0 Å². The highest BCUT2D eigenvalue weighted by Crippen LogP contribution is 2.13. The third-order valence-electron chi connectivity index (χ3n) is 3.27. The van der Waals surface area contributed by atoms with Gasteiger partial charge >= 0.3 is 0 Å². The van der Waals surface area contributed by atoms with Gasteiger partial charge in [-0.15, -0.1) is 0 Å². The lowest BCUT2D eigenvalue weighted by Gasteiger charge is -2.18. The molecule has 0 atom stereocenters. The van der Waals surface area contributed by atoms with Crippen LogP contribution in [-0.4, -0.2) is 42.3 Å². The summed E-state index contributed by atoms with van der Waals surface area (Å²) in [5.74, 6) is 0. The Hall–Kier alpha value is -1.13. The molecule has 0 saturated carbocycles. The number of benzene rings is 1. The molecule has 0 radical (unpaired) electrons. The number of nitrogens with zero attached hydrogens (tertiary/aromatic N) is 2. The normalized spacial score (nSPS) is 12.1. The Kier molecular flexibility index (Phi) is 6.25. The molecule has 3 nitrogen and oxygen atoms in total. The highest BCUT2D eigenvalue weighted by atomic mass is 28.4. The van der Waals surface area contributed by atoms with Crippen LogP contribution in [0.1, 0.15) is 12.0 Å². The first kappa shape index (κ1) is 15.9. The lowest BCUT2D eigenvalue weighted by atomic mass is 10.2. The van der Waals surface area contributed by atoms with E-state index in [1.165, 1.54) is 11.7 Å². The summed E-state index contributed by atoms with van der Waals surface area (Å²) >= 11 is 0. The van der Waals surface area contributed by atoms with E-state index in [2.05, 4.69) is 47.3 Å². The van der Waals surface area contributed by atoms with E-state index in [1.807, 2.05) is 27.4 Å². The first-order valence-electron chi connectivity index (χ1n) is 6.77. The van der Waals surface area contributed by atoms with Gasteiger partial charge in [-0.3, -0.25) is 4.99 Å². The highest BCUT2D eigenvalue weighted by Gasteiger charge is 2.18. The molecule has 0 spiro atoms. The minimum atomic E-state index is -1.41. The molecule has 0 aliphatic carbocycles. The van der Waals surface area contributed by atoms with Crippen molar-refractivity contribution in [2.45, 2.75) is 25.6 Å². The van der Waals surface area contributed by atoms with Gasteiger partial charge in [0.05, 0.1) is 0 Å². The summed E-state index contributed by atoms with van der Waals surface area (Å²) in [7, 11) is 4.51. The number of rotatable bonds is 7. The van der Waals surface area contributed by atoms with Crippen molar-refractivity contribution in [1.82, 2.24) is 0 Å². The molecule has 0 unspecified atom stereocenters. The van der Waals surface area contributed by atoms with Crippen molar-refractivity contribution in [3.05, 3.63) is 29.8 Å². The van der Waals surface area contributed by atoms with Crippen molar-refractivity contribution in [3.8, 4) is 0 Å². The van der Waals surface area contributed by atoms with Crippen molar-refractivity contribution in [2.75, 3.05) is 32.6 Å². The standard InChI is InChI=1S/C15H26N2OSi/c1-17(2)15-9-7-14(8-10-15)13-16-11-6-12-19(4,5)18-3/h7-10,13H,6,11-12H2,1-5H3. The van der Waals surface area contributed by atoms with E-state index >= 15 is 0 Å². The second kappa shape index (κ2) is 7.45. The molecule has 4 heteroatoms. The zero-order valence-corrected chi connectivity index (χ0v) is 13.8. The molecule has 1 rings (SSSR count). The van der Waals surface area contributed by atoms with Gasteiger partial charge in [0.1, 0.15) is 0 Å². The van der Waals surface area contributed by atoms with Gasteiger partial charge in [-0.2, -0.15) is 0 Å². The van der Waals surface area contributed by atoms with E-state index in [0.29, 0.717) is 0 Å². The van der Waals surface area contributed by atoms with Crippen LogP contribution in [0.3, 0.4) is 0 Å². The monoisotopic (exact) mass is 278 g/mol. The van der Waals surface area contributed by atoms with Gasteiger partial charge < -0.3 is 9.33 Å². The molecule has 0 saturated heterocycles. The van der Waals surface area contributed by atoms with E-state index < -0.39 is 8.32 Å². The maximum atomic E-state index is 5.52. The van der Waals surface area contributed by atoms with Gasteiger partial charge in [-0.25, -0.2) is 0 Å². The average Bonchev–Trinajstić information content (AvgIpc) is 2.39. The van der Waals surface area contributed by atoms with E-state index in [-0.39, 0.29) is 0 Å². The van der Waals surface area contributed by atoms with Crippen molar-refractivity contribution >= 4 is 20.2 Å². The smallest absolute Gasteiger partial charge is 0.186 e. The van der Waals surface area contributed by atoms with E-state index in [4.69, 9.17) is 4.43 Å². The summed E-state index contributed by atoms with van der Waals surface area (Å²) in [6.07, 6.45) is 3.07. The first-order chi connectivity index (χ1) is 8.94. The van der Waals surface area contributed by atoms with Crippen LogP contribution in [-0.2, 0) is 4.43 Å². The van der Waals surface area contributed by atoms with Crippen LogP contribution in [0.5, 0.6) is 0 Å². The molecule has 0 N–H and O–H groups in total. The summed E-state index contributed by atoms with van der Waals surface area (Å²) in [6.45, 7) is 5.38. The zero-order chi connectivity index (χ0) is 14.3. The Morgan fingerprint density at radius 2 is 1.84 bits per heavy atom. The highest BCUT2D eigenvalue weighted by molar-refractivity contribution is 6.71. The van der Waals surface area contributed by atoms with E-state index in [1.54, 1.807) is 0 Å². The van der Waals surface area contributed by atoms with Crippen molar-refractivity contribution in [1.29, 1.82) is 0 Å². The largest absolute Gasteiger partial charge is 0.420 e. The van der Waals surface area contributed by atoms with Crippen LogP contribution in [0.4, 0.5) is 5.69 Å². The van der Waals surface area contributed by atoms with Gasteiger partial charge in [0.2, 0.25) is 0 Å². The van der Waals surface area contributed by atoms with Crippen molar-refractivity contribution in [2.24, 2.45) is 4.99 Å². The summed E-state index contributed by atoms with van der Waals surface area (Å²) in [6, 6.07) is 9.60. The number of hydrogen-bond acceptors (Lipinski definition) is 3. The number of aliphatic imine (C=N–C) groups is 1. The predicted molar refractivity (Wildman–Crippen MR) is 87.1 cm³/mol. The van der Waals surface area contributed by atoms with Crippen LogP contribution >= 0.6 is 0 Å². The molecule has 0 aliphatic rings. The predicted octanol–water partition coefficient (Wildman–Crippen LogP) is 3.41. The lowest BCUT2D eigenvalue weighted by Crippen LogP contribution is -2.28. The van der Waals surface area contributed by atoms with Crippen LogP contribution < -0.4 is 4.90 Å². The summed E-state index contributed by atoms with van der Waals surface area (Å²) in [4.78, 5) is 6.58. The molecule has 0 fully saturated rings. The second-order valence-corrected chi connectivity index (χ2v) is 10.0. The van der Waals surface area contributed by atoms with Crippen LogP contribution in [0.2, 0.25) is 19.1 Å². The molecule has 0 bridgehead atoms. The Bertz CT molecular complexity index is 399. The molecule has 0 aromatic heterocycles. The fourth-order valence-electron chi connectivity index (χ4n) is 1.73. The van der Waals surface area contributed by atoms with Gasteiger partial charge in [0, 0.05) is 39.7 Å². The van der Waals surface area contributed by atoms with Gasteiger partial charge in [-0.1, -0.05) is 12.1 Å². The average molecular weight is 278 g/mol. The Morgan fingerprint density at radius 1 is 1.21 bits per heavy atom. The lowest BCUT2D eigenvalue weighted by molar-refractivity contribution is 0.402. The minimum absolute atomic E-state index is 0.884. The maximum absolute atomic E-state index is 5.52. The zero-order valence-electron chi connectivity index (χ0n) is 12.8. The van der Waals surface area contributed by atoms with Gasteiger partial charge in [0.25, 0.3) is 0 Å². The molecule has 0 aliphatic heterocycles. The van der Waals surface area contributed by atoms with Crippen molar-refractivity contribution < 1.29 is 4.43 Å². The SMILES string of the molecule is CO[Si](C)(C)CCCN=Cc1ccc(N(C)C)cc1. The van der Waals surface area contributed by atoms with Crippen LogP contribution in [0.15, 0.2) is 29.3 Å². The molecule has 0 amide bonds. The molecule has 19 heavy (non-hydrogen) atoms. The van der Waals surface area contributed by atoms with Gasteiger partial charge in [0.15, 0.2) is 8.32 Å². The number of hydrogen-bond donors (Lipinski definition) is 0. The summed E-state index contributed by atoms with van der Waals surface area (Å²) < 4.78 is 5.52. The second-order valence-electron chi connectivity index (χ2n) is 5.59. The fraction of sp³-hybridized carbons (Fsp3) is 0.533. The summed E-state index contributed by atoms with van der Waals surface area (Å²) in [5.41, 5.74) is 2.37. The third-order valence-corrected chi connectivity index (χ3v) is 5.93. The molecular weight excluding hydrogens is 252 g/mol.